The summed E-state index contributed by atoms with van der Waals surface area (Å²) in [6.45, 7) is 6.39. The maximum Gasteiger partial charge on any atom is 0.225 e. The summed E-state index contributed by atoms with van der Waals surface area (Å²) in [6.07, 6.45) is 4.07. The largest absolute Gasteiger partial charge is 0.336 e. The molecule has 64 valence electrons. The second kappa shape index (κ2) is 1.99. The van der Waals surface area contributed by atoms with Gasteiger partial charge in [0.15, 0.2) is 0 Å². The molecule has 11 heavy (non-hydrogen) atoms. The molecule has 0 aromatic carbocycles. The zero-order valence-electron chi connectivity index (χ0n) is 7.52. The van der Waals surface area contributed by atoms with Crippen LogP contribution in [0.15, 0.2) is 0 Å². The minimum Gasteiger partial charge on any atom is -0.336 e. The van der Waals surface area contributed by atoms with E-state index in [2.05, 4.69) is 20.8 Å². The smallest absolute Gasteiger partial charge is 0.225 e. The molecule has 0 saturated carbocycles. The van der Waals surface area contributed by atoms with Gasteiger partial charge in [0.05, 0.1) is 0 Å². The SMILES string of the molecule is CCCCC1O[C@@]12OC2(C)C. The first-order valence-corrected chi connectivity index (χ1v) is 4.50. The lowest BCUT2D eigenvalue weighted by molar-refractivity contribution is 0.240. The highest BCUT2D eigenvalue weighted by Crippen LogP contribution is 2.63. The summed E-state index contributed by atoms with van der Waals surface area (Å²) in [6, 6.07) is 0. The number of unbranched alkanes of at least 4 members (excludes halogenated alkanes) is 1. The Hall–Kier alpha value is -0.0800. The van der Waals surface area contributed by atoms with Gasteiger partial charge < -0.3 is 9.47 Å². The topological polar surface area (TPSA) is 25.1 Å². The fraction of sp³-hybridized carbons (Fsp3) is 1.00. The molecule has 0 aromatic heterocycles. The van der Waals surface area contributed by atoms with E-state index < -0.39 is 0 Å². The van der Waals surface area contributed by atoms with Crippen molar-refractivity contribution in [1.82, 2.24) is 0 Å². The van der Waals surface area contributed by atoms with E-state index in [-0.39, 0.29) is 11.4 Å². The molecule has 0 aliphatic carbocycles. The minimum atomic E-state index is -0.137. The molecule has 2 aliphatic rings. The second-order valence-corrected chi connectivity index (χ2v) is 4.03. The third kappa shape index (κ3) is 0.926. The normalized spacial score (nSPS) is 44.5. The van der Waals surface area contributed by atoms with E-state index in [1.165, 1.54) is 19.3 Å². The van der Waals surface area contributed by atoms with Crippen LogP contribution in [0.5, 0.6) is 0 Å². The van der Waals surface area contributed by atoms with Crippen LogP contribution in [0.1, 0.15) is 40.0 Å². The number of hydrogen-bond acceptors (Lipinski definition) is 2. The number of hydrogen-bond donors (Lipinski definition) is 0. The highest BCUT2D eigenvalue weighted by Gasteiger charge is 2.81. The van der Waals surface area contributed by atoms with Gasteiger partial charge in [-0.1, -0.05) is 19.8 Å². The molecule has 2 fully saturated rings. The van der Waals surface area contributed by atoms with Crippen molar-refractivity contribution in [2.45, 2.75) is 57.5 Å². The van der Waals surface area contributed by atoms with Crippen molar-refractivity contribution in [3.63, 3.8) is 0 Å². The highest BCUT2D eigenvalue weighted by molar-refractivity contribution is 5.18. The van der Waals surface area contributed by atoms with Crippen molar-refractivity contribution in [2.75, 3.05) is 0 Å². The molecule has 2 heteroatoms. The Kier molecular flexibility index (Phi) is 1.37. The van der Waals surface area contributed by atoms with Gasteiger partial charge in [-0.2, -0.15) is 0 Å². The molecule has 0 amide bonds. The second-order valence-electron chi connectivity index (χ2n) is 4.03. The summed E-state index contributed by atoms with van der Waals surface area (Å²) < 4.78 is 11.0. The summed E-state index contributed by atoms with van der Waals surface area (Å²) in [5.41, 5.74) is 0.00537. The molecule has 1 unspecified atom stereocenters. The summed E-state index contributed by atoms with van der Waals surface area (Å²) >= 11 is 0. The van der Waals surface area contributed by atoms with Gasteiger partial charge in [-0.15, -0.1) is 0 Å². The third-order valence-corrected chi connectivity index (χ3v) is 2.71. The summed E-state index contributed by atoms with van der Waals surface area (Å²) in [7, 11) is 0. The zero-order valence-corrected chi connectivity index (χ0v) is 7.52. The van der Waals surface area contributed by atoms with Gasteiger partial charge in [-0.25, -0.2) is 0 Å². The highest BCUT2D eigenvalue weighted by atomic mass is 16.9. The summed E-state index contributed by atoms with van der Waals surface area (Å²) in [5, 5.41) is 0. The van der Waals surface area contributed by atoms with Gasteiger partial charge >= 0.3 is 0 Å². The predicted molar refractivity (Wildman–Crippen MR) is 42.3 cm³/mol. The van der Waals surface area contributed by atoms with Crippen molar-refractivity contribution in [3.05, 3.63) is 0 Å². The van der Waals surface area contributed by atoms with Gasteiger partial charge in [-0.3, -0.25) is 0 Å². The molecule has 2 aliphatic heterocycles. The Morgan fingerprint density at radius 1 is 1.36 bits per heavy atom. The maximum atomic E-state index is 5.51. The quantitative estimate of drug-likeness (QED) is 0.584. The zero-order chi connectivity index (χ0) is 8.11. The van der Waals surface area contributed by atoms with E-state index in [1.807, 2.05) is 0 Å². The van der Waals surface area contributed by atoms with Gasteiger partial charge in [0, 0.05) is 0 Å². The molecule has 2 atom stereocenters. The lowest BCUT2D eigenvalue weighted by Gasteiger charge is -1.89. The summed E-state index contributed by atoms with van der Waals surface area (Å²) in [5.74, 6) is -0.137. The summed E-state index contributed by atoms with van der Waals surface area (Å²) in [4.78, 5) is 0. The Labute approximate surface area is 67.9 Å². The van der Waals surface area contributed by atoms with Gasteiger partial charge in [0.25, 0.3) is 0 Å². The van der Waals surface area contributed by atoms with Crippen LogP contribution >= 0.6 is 0 Å². The van der Waals surface area contributed by atoms with Gasteiger partial charge in [0.2, 0.25) is 5.79 Å². The van der Waals surface area contributed by atoms with Crippen molar-refractivity contribution < 1.29 is 9.47 Å². The van der Waals surface area contributed by atoms with Gasteiger partial charge in [0.1, 0.15) is 11.7 Å². The molecule has 0 N–H and O–H groups in total. The van der Waals surface area contributed by atoms with Crippen LogP contribution in [-0.2, 0) is 9.47 Å². The molecule has 0 aromatic rings. The molecule has 2 saturated heterocycles. The van der Waals surface area contributed by atoms with Crippen LogP contribution in [0.2, 0.25) is 0 Å². The molecule has 0 radical (unpaired) electrons. The average molecular weight is 156 g/mol. The van der Waals surface area contributed by atoms with E-state index in [0.717, 1.165) is 0 Å². The van der Waals surface area contributed by atoms with E-state index in [9.17, 15) is 0 Å². The first-order chi connectivity index (χ1) is 5.12. The van der Waals surface area contributed by atoms with Crippen LogP contribution < -0.4 is 0 Å². The number of rotatable bonds is 3. The number of ether oxygens (including phenoxy) is 2. The van der Waals surface area contributed by atoms with Crippen molar-refractivity contribution in [1.29, 1.82) is 0 Å². The molecular formula is C9H16O2. The van der Waals surface area contributed by atoms with Gasteiger partial charge in [-0.05, 0) is 20.3 Å². The van der Waals surface area contributed by atoms with Crippen LogP contribution in [0, 0.1) is 0 Å². The van der Waals surface area contributed by atoms with Crippen molar-refractivity contribution >= 4 is 0 Å². The Bertz CT molecular complexity index is 176. The van der Waals surface area contributed by atoms with Crippen molar-refractivity contribution in [2.24, 2.45) is 0 Å². The molecule has 2 heterocycles. The number of epoxide rings is 2. The third-order valence-electron chi connectivity index (χ3n) is 2.71. The fourth-order valence-corrected chi connectivity index (χ4v) is 1.79. The molecule has 2 rings (SSSR count). The first kappa shape index (κ1) is 7.56. The molecular weight excluding hydrogens is 140 g/mol. The predicted octanol–water partition coefficient (Wildman–Crippen LogP) is 2.08. The van der Waals surface area contributed by atoms with Crippen LogP contribution in [-0.4, -0.2) is 17.5 Å². The lowest BCUT2D eigenvalue weighted by atomic mass is 10.0. The standard InChI is InChI=1S/C9H16O2/c1-4-5-6-7-9(10-7)8(2,3)11-9/h7H,4-6H2,1-3H3/t7?,9-/m1/s1. The van der Waals surface area contributed by atoms with Crippen LogP contribution in [0.3, 0.4) is 0 Å². The van der Waals surface area contributed by atoms with Crippen LogP contribution in [0.4, 0.5) is 0 Å². The lowest BCUT2D eigenvalue weighted by Crippen LogP contribution is -2.07. The van der Waals surface area contributed by atoms with Crippen LogP contribution in [0.25, 0.3) is 0 Å². The monoisotopic (exact) mass is 156 g/mol. The average Bonchev–Trinajstić information content (AvgIpc) is 2.71. The maximum absolute atomic E-state index is 5.51. The first-order valence-electron chi connectivity index (χ1n) is 4.50. The van der Waals surface area contributed by atoms with E-state index >= 15 is 0 Å². The Morgan fingerprint density at radius 3 is 2.36 bits per heavy atom. The Morgan fingerprint density at radius 2 is 2.00 bits per heavy atom. The molecule has 1 spiro atoms. The minimum absolute atomic E-state index is 0.00537. The van der Waals surface area contributed by atoms with E-state index in [1.54, 1.807) is 0 Å². The molecule has 2 nitrogen and oxygen atoms in total. The van der Waals surface area contributed by atoms with E-state index in [0.29, 0.717) is 6.10 Å². The Balaban J connectivity index is 1.79. The molecule has 0 bridgehead atoms. The van der Waals surface area contributed by atoms with Crippen molar-refractivity contribution in [3.8, 4) is 0 Å². The fourth-order valence-electron chi connectivity index (χ4n) is 1.79. The van der Waals surface area contributed by atoms with E-state index in [4.69, 9.17) is 9.47 Å².